The Balaban J connectivity index is 2.41. The molecule has 0 aliphatic rings. The van der Waals surface area contributed by atoms with Gasteiger partial charge in [-0.1, -0.05) is 26.7 Å². The van der Waals surface area contributed by atoms with E-state index in [1.165, 1.54) is 42.1 Å². The van der Waals surface area contributed by atoms with Gasteiger partial charge in [0.15, 0.2) is 0 Å². The average molecular weight is 245 g/mol. The normalized spacial score (nSPS) is 11.3. The van der Waals surface area contributed by atoms with E-state index in [1.807, 2.05) is 6.07 Å². The van der Waals surface area contributed by atoms with Crippen molar-refractivity contribution in [1.82, 2.24) is 4.98 Å². The molecule has 98 valence electrons. The maximum absolute atomic E-state index is 5.33. The van der Waals surface area contributed by atoms with Crippen molar-refractivity contribution in [3.63, 3.8) is 0 Å². The molecule has 2 aromatic rings. The molecule has 0 amide bonds. The van der Waals surface area contributed by atoms with Gasteiger partial charge < -0.3 is 9.72 Å². The zero-order valence-electron chi connectivity index (χ0n) is 11.6. The molecule has 1 heterocycles. The van der Waals surface area contributed by atoms with Gasteiger partial charge in [-0.3, -0.25) is 0 Å². The lowest BCUT2D eigenvalue weighted by Crippen LogP contribution is -1.97. The van der Waals surface area contributed by atoms with Crippen molar-refractivity contribution in [3.8, 4) is 5.75 Å². The number of aromatic amines is 1. The highest BCUT2D eigenvalue weighted by Gasteiger charge is 2.14. The Labute approximate surface area is 109 Å². The predicted octanol–water partition coefficient (Wildman–Crippen LogP) is 4.86. The average Bonchev–Trinajstić information content (AvgIpc) is 2.81. The molecule has 2 rings (SSSR count). The molecular weight excluding hydrogens is 222 g/mol. The van der Waals surface area contributed by atoms with Gasteiger partial charge in [0.05, 0.1) is 7.11 Å². The van der Waals surface area contributed by atoms with Crippen LogP contribution >= 0.6 is 0 Å². The predicted molar refractivity (Wildman–Crippen MR) is 77.4 cm³/mol. The highest BCUT2D eigenvalue weighted by Crippen LogP contribution is 2.33. The van der Waals surface area contributed by atoms with Gasteiger partial charge in [-0.25, -0.2) is 0 Å². The van der Waals surface area contributed by atoms with E-state index in [-0.39, 0.29) is 0 Å². The maximum Gasteiger partial charge on any atom is 0.119 e. The van der Waals surface area contributed by atoms with E-state index in [9.17, 15) is 0 Å². The largest absolute Gasteiger partial charge is 0.497 e. The van der Waals surface area contributed by atoms with Crippen LogP contribution in [-0.2, 0) is 0 Å². The van der Waals surface area contributed by atoms with Gasteiger partial charge in [0.2, 0.25) is 0 Å². The lowest BCUT2D eigenvalue weighted by atomic mass is 9.90. The summed E-state index contributed by atoms with van der Waals surface area (Å²) in [5.74, 6) is 1.61. The molecule has 0 aliphatic carbocycles. The Morgan fingerprint density at radius 3 is 2.50 bits per heavy atom. The molecule has 0 spiro atoms. The van der Waals surface area contributed by atoms with Gasteiger partial charge in [-0.15, -0.1) is 0 Å². The summed E-state index contributed by atoms with van der Waals surface area (Å²) in [6.45, 7) is 4.52. The van der Waals surface area contributed by atoms with E-state index in [2.05, 4.69) is 37.2 Å². The minimum absolute atomic E-state index is 0.667. The molecule has 0 aliphatic heterocycles. The Hall–Kier alpha value is -1.44. The van der Waals surface area contributed by atoms with Crippen molar-refractivity contribution in [2.75, 3.05) is 7.11 Å². The highest BCUT2D eigenvalue weighted by molar-refractivity contribution is 5.85. The second-order valence-corrected chi connectivity index (χ2v) is 4.93. The summed E-state index contributed by atoms with van der Waals surface area (Å²) in [6, 6.07) is 6.27. The summed E-state index contributed by atoms with van der Waals surface area (Å²) in [7, 11) is 1.73. The first-order chi connectivity index (χ1) is 8.80. The van der Waals surface area contributed by atoms with Crippen LogP contribution in [0, 0.1) is 0 Å². The van der Waals surface area contributed by atoms with E-state index in [1.54, 1.807) is 7.11 Å². The molecule has 0 unspecified atom stereocenters. The summed E-state index contributed by atoms with van der Waals surface area (Å²) in [4.78, 5) is 3.38. The smallest absolute Gasteiger partial charge is 0.119 e. The third-order valence-electron chi connectivity index (χ3n) is 3.64. The third-order valence-corrected chi connectivity index (χ3v) is 3.64. The van der Waals surface area contributed by atoms with Gasteiger partial charge in [0.25, 0.3) is 0 Å². The monoisotopic (exact) mass is 245 g/mol. The van der Waals surface area contributed by atoms with Crippen molar-refractivity contribution in [2.24, 2.45) is 0 Å². The number of ether oxygens (including phenoxy) is 1. The Morgan fingerprint density at radius 2 is 1.89 bits per heavy atom. The van der Waals surface area contributed by atoms with E-state index >= 15 is 0 Å². The number of nitrogens with one attached hydrogen (secondary N) is 1. The van der Waals surface area contributed by atoms with Gasteiger partial charge in [0, 0.05) is 17.1 Å². The first-order valence-corrected chi connectivity index (χ1v) is 6.95. The number of H-pyrrole nitrogens is 1. The van der Waals surface area contributed by atoms with Crippen molar-refractivity contribution >= 4 is 10.9 Å². The minimum Gasteiger partial charge on any atom is -0.497 e. The number of rotatable bonds is 6. The summed E-state index contributed by atoms with van der Waals surface area (Å²) >= 11 is 0. The van der Waals surface area contributed by atoms with Crippen LogP contribution in [0.25, 0.3) is 10.9 Å². The molecule has 0 radical (unpaired) electrons. The first-order valence-electron chi connectivity index (χ1n) is 6.95. The quantitative estimate of drug-likeness (QED) is 0.772. The van der Waals surface area contributed by atoms with E-state index in [4.69, 9.17) is 4.74 Å². The van der Waals surface area contributed by atoms with Crippen LogP contribution in [0.2, 0.25) is 0 Å². The molecule has 2 heteroatoms. The van der Waals surface area contributed by atoms with Crippen molar-refractivity contribution in [3.05, 3.63) is 30.0 Å². The molecule has 1 N–H and O–H groups in total. The zero-order valence-corrected chi connectivity index (χ0v) is 11.6. The van der Waals surface area contributed by atoms with Crippen LogP contribution in [-0.4, -0.2) is 12.1 Å². The Morgan fingerprint density at radius 1 is 1.17 bits per heavy atom. The van der Waals surface area contributed by atoms with Crippen LogP contribution in [0.5, 0.6) is 5.75 Å². The molecule has 1 aromatic heterocycles. The number of fused-ring (bicyclic) bond motifs is 1. The first kappa shape index (κ1) is 13.0. The number of hydrogen-bond donors (Lipinski definition) is 1. The van der Waals surface area contributed by atoms with Gasteiger partial charge >= 0.3 is 0 Å². The fourth-order valence-electron chi connectivity index (χ4n) is 2.74. The third kappa shape index (κ3) is 2.53. The summed E-state index contributed by atoms with van der Waals surface area (Å²) in [6.07, 6.45) is 7.18. The molecule has 0 saturated heterocycles. The van der Waals surface area contributed by atoms with Crippen molar-refractivity contribution < 1.29 is 4.74 Å². The summed E-state index contributed by atoms with van der Waals surface area (Å²) in [5, 5.41) is 1.32. The number of aromatic nitrogens is 1. The van der Waals surface area contributed by atoms with Crippen LogP contribution in [0.3, 0.4) is 0 Å². The highest BCUT2D eigenvalue weighted by atomic mass is 16.5. The standard InChI is InChI=1S/C16H23NO/c1-4-6-12(7-5-2)15-11-17-16-9-8-13(18-3)10-14(15)16/h8-12,17H,4-7H2,1-3H3. The minimum atomic E-state index is 0.667. The summed E-state index contributed by atoms with van der Waals surface area (Å²) in [5.41, 5.74) is 2.66. The molecule has 2 nitrogen and oxygen atoms in total. The lowest BCUT2D eigenvalue weighted by Gasteiger charge is -2.14. The van der Waals surface area contributed by atoms with Crippen LogP contribution in [0.1, 0.15) is 51.0 Å². The van der Waals surface area contributed by atoms with Gasteiger partial charge in [-0.05, 0) is 42.5 Å². The molecule has 0 fully saturated rings. The van der Waals surface area contributed by atoms with Crippen molar-refractivity contribution in [2.45, 2.75) is 45.4 Å². The zero-order chi connectivity index (χ0) is 13.0. The Bertz CT molecular complexity index is 495. The second-order valence-electron chi connectivity index (χ2n) is 4.93. The molecule has 1 aromatic carbocycles. The lowest BCUT2D eigenvalue weighted by molar-refractivity contribution is 0.415. The van der Waals surface area contributed by atoms with E-state index < -0.39 is 0 Å². The molecule has 18 heavy (non-hydrogen) atoms. The maximum atomic E-state index is 5.33. The second kappa shape index (κ2) is 5.94. The SMILES string of the molecule is CCCC(CCC)c1c[nH]c2ccc(OC)cc12. The molecule has 0 saturated carbocycles. The van der Waals surface area contributed by atoms with Crippen LogP contribution < -0.4 is 4.74 Å². The van der Waals surface area contributed by atoms with E-state index in [0.717, 1.165) is 5.75 Å². The topological polar surface area (TPSA) is 25.0 Å². The van der Waals surface area contributed by atoms with E-state index in [0.29, 0.717) is 5.92 Å². The number of benzene rings is 1. The Kier molecular flexibility index (Phi) is 4.29. The molecular formula is C16H23NO. The summed E-state index contributed by atoms with van der Waals surface area (Å²) < 4.78 is 5.33. The fourth-order valence-corrected chi connectivity index (χ4v) is 2.74. The van der Waals surface area contributed by atoms with Crippen molar-refractivity contribution in [1.29, 1.82) is 0 Å². The molecule has 0 atom stereocenters. The number of hydrogen-bond acceptors (Lipinski definition) is 1. The molecule has 0 bridgehead atoms. The number of methoxy groups -OCH3 is 1. The van der Waals surface area contributed by atoms with Crippen LogP contribution in [0.4, 0.5) is 0 Å². The fraction of sp³-hybridized carbons (Fsp3) is 0.500. The van der Waals surface area contributed by atoms with Crippen LogP contribution in [0.15, 0.2) is 24.4 Å². The van der Waals surface area contributed by atoms with Gasteiger partial charge in [0.1, 0.15) is 5.75 Å². The van der Waals surface area contributed by atoms with Gasteiger partial charge in [-0.2, -0.15) is 0 Å².